The largest absolute Gasteiger partial charge is 0.485 e. The van der Waals surface area contributed by atoms with Crippen LogP contribution in [0, 0.1) is 31.3 Å². The number of carbonyl (C=O) groups is 1. The van der Waals surface area contributed by atoms with E-state index in [0.29, 0.717) is 22.6 Å². The van der Waals surface area contributed by atoms with Crippen LogP contribution in [0.1, 0.15) is 32.9 Å². The molecule has 4 aromatic rings. The zero-order chi connectivity index (χ0) is 23.7. The van der Waals surface area contributed by atoms with E-state index in [-0.39, 0.29) is 30.2 Å². The van der Waals surface area contributed by atoms with Gasteiger partial charge >= 0.3 is 0 Å². The number of imidazole rings is 1. The molecule has 0 bridgehead atoms. The lowest BCUT2D eigenvalue weighted by Crippen LogP contribution is -2.17. The van der Waals surface area contributed by atoms with Gasteiger partial charge in [-0.25, -0.2) is 18.2 Å². The van der Waals surface area contributed by atoms with Crippen LogP contribution in [0.4, 0.5) is 18.9 Å². The van der Waals surface area contributed by atoms with Gasteiger partial charge in [0, 0.05) is 18.4 Å². The van der Waals surface area contributed by atoms with E-state index < -0.39 is 23.4 Å². The Labute approximate surface area is 187 Å². The van der Waals surface area contributed by atoms with Crippen molar-refractivity contribution in [3.05, 3.63) is 94.2 Å². The van der Waals surface area contributed by atoms with Gasteiger partial charge in [0.05, 0.1) is 11.3 Å². The first-order valence-corrected chi connectivity index (χ1v) is 10.1. The third-order valence-electron chi connectivity index (χ3n) is 5.18. The lowest BCUT2D eigenvalue weighted by atomic mass is 10.1. The van der Waals surface area contributed by atoms with Crippen molar-refractivity contribution in [1.82, 2.24) is 9.38 Å². The van der Waals surface area contributed by atoms with E-state index in [9.17, 15) is 18.0 Å². The maximum absolute atomic E-state index is 14.0. The quantitative estimate of drug-likeness (QED) is 0.444. The molecule has 0 radical (unpaired) electrons. The van der Waals surface area contributed by atoms with Gasteiger partial charge in [-0.3, -0.25) is 9.20 Å². The molecule has 33 heavy (non-hydrogen) atoms. The third-order valence-corrected chi connectivity index (χ3v) is 5.18. The van der Waals surface area contributed by atoms with Crippen LogP contribution < -0.4 is 15.8 Å². The number of halogens is 3. The summed E-state index contributed by atoms with van der Waals surface area (Å²) in [5.74, 6) is -2.09. The van der Waals surface area contributed by atoms with Crippen molar-refractivity contribution in [1.29, 1.82) is 0 Å². The highest BCUT2D eigenvalue weighted by Gasteiger charge is 2.21. The van der Waals surface area contributed by atoms with Gasteiger partial charge in [0.2, 0.25) is 0 Å². The Hall–Kier alpha value is -3.85. The molecule has 2 aromatic carbocycles. The van der Waals surface area contributed by atoms with Crippen LogP contribution in [0.5, 0.6) is 5.75 Å². The summed E-state index contributed by atoms with van der Waals surface area (Å²) in [6.45, 7) is 3.15. The van der Waals surface area contributed by atoms with E-state index in [1.807, 2.05) is 0 Å². The van der Waals surface area contributed by atoms with Crippen molar-refractivity contribution in [3.63, 3.8) is 0 Å². The van der Waals surface area contributed by atoms with Gasteiger partial charge < -0.3 is 15.8 Å². The number of fused-ring (bicyclic) bond motifs is 1. The number of rotatable bonds is 6. The van der Waals surface area contributed by atoms with Gasteiger partial charge in [-0.15, -0.1) is 0 Å². The van der Waals surface area contributed by atoms with Gasteiger partial charge in [-0.1, -0.05) is 6.07 Å². The number of nitrogens with two attached hydrogens (primary N) is 1. The molecule has 3 N–H and O–H groups in total. The highest BCUT2D eigenvalue weighted by molar-refractivity contribution is 6.05. The Morgan fingerprint density at radius 2 is 1.85 bits per heavy atom. The molecule has 0 unspecified atom stereocenters. The lowest BCUT2D eigenvalue weighted by molar-refractivity contribution is 0.102. The average molecular weight is 454 g/mol. The van der Waals surface area contributed by atoms with Crippen LogP contribution in [0.15, 0.2) is 48.7 Å². The summed E-state index contributed by atoms with van der Waals surface area (Å²) >= 11 is 0. The van der Waals surface area contributed by atoms with Crippen LogP contribution in [0.3, 0.4) is 0 Å². The zero-order valence-corrected chi connectivity index (χ0v) is 18.0. The molecule has 170 valence electrons. The molecule has 9 heteroatoms. The second kappa shape index (κ2) is 8.95. The number of carbonyl (C=O) groups excluding carboxylic acids is 1. The van der Waals surface area contributed by atoms with Crippen LogP contribution >= 0.6 is 0 Å². The molecule has 0 saturated heterocycles. The summed E-state index contributed by atoms with van der Waals surface area (Å²) in [7, 11) is 0. The first-order valence-electron chi connectivity index (χ1n) is 10.1. The summed E-state index contributed by atoms with van der Waals surface area (Å²) in [6.07, 6.45) is 1.70. The fraction of sp³-hybridized carbons (Fsp3) is 0.167. The molecule has 0 aliphatic heterocycles. The van der Waals surface area contributed by atoms with E-state index in [1.165, 1.54) is 24.3 Å². The Morgan fingerprint density at radius 1 is 1.12 bits per heavy atom. The lowest BCUT2D eigenvalue weighted by Gasteiger charge is -2.12. The van der Waals surface area contributed by atoms with Crippen LogP contribution in [0.2, 0.25) is 0 Å². The van der Waals surface area contributed by atoms with Crippen LogP contribution in [-0.2, 0) is 13.2 Å². The minimum atomic E-state index is -0.715. The molecular formula is C24H21F3N4O2. The number of hydrogen-bond donors (Lipinski definition) is 2. The summed E-state index contributed by atoms with van der Waals surface area (Å²) in [4.78, 5) is 17.5. The first-order chi connectivity index (χ1) is 15.8. The number of amides is 1. The molecule has 0 aliphatic rings. The molecule has 1 amide bonds. The molecule has 2 heterocycles. The Balaban J connectivity index is 1.69. The Kier molecular flexibility index (Phi) is 6.06. The number of nitrogens with one attached hydrogen (secondary N) is 1. The SMILES string of the molecule is Cc1cc(OCc2c(F)cccc2F)c2nc(C)c(C(=O)Nc3ccc(F)cc3CN)n2c1. The second-order valence-electron chi connectivity index (χ2n) is 7.57. The number of ether oxygens (including phenoxy) is 1. The van der Waals surface area contributed by atoms with Crippen LogP contribution in [-0.4, -0.2) is 15.3 Å². The van der Waals surface area contributed by atoms with Gasteiger partial charge in [0.25, 0.3) is 5.91 Å². The fourth-order valence-electron chi connectivity index (χ4n) is 3.59. The van der Waals surface area contributed by atoms with Gasteiger partial charge in [0.1, 0.15) is 29.8 Å². The smallest absolute Gasteiger partial charge is 0.274 e. The van der Waals surface area contributed by atoms with Gasteiger partial charge in [-0.05, 0) is 61.4 Å². The van der Waals surface area contributed by atoms with Gasteiger partial charge in [0.15, 0.2) is 11.4 Å². The number of nitrogens with zero attached hydrogens (tertiary/aromatic N) is 2. The van der Waals surface area contributed by atoms with Crippen molar-refractivity contribution in [2.75, 3.05) is 5.32 Å². The highest BCUT2D eigenvalue weighted by Crippen LogP contribution is 2.27. The van der Waals surface area contributed by atoms with Crippen molar-refractivity contribution in [2.45, 2.75) is 27.0 Å². The number of hydrogen-bond acceptors (Lipinski definition) is 4. The number of benzene rings is 2. The molecule has 0 spiro atoms. The van der Waals surface area contributed by atoms with Crippen molar-refractivity contribution < 1.29 is 22.7 Å². The molecule has 0 saturated carbocycles. The third kappa shape index (κ3) is 4.40. The number of aryl methyl sites for hydroxylation is 2. The predicted molar refractivity (Wildman–Crippen MR) is 118 cm³/mol. The summed E-state index contributed by atoms with van der Waals surface area (Å²) < 4.78 is 48.7. The van der Waals surface area contributed by atoms with E-state index in [2.05, 4.69) is 10.3 Å². The predicted octanol–water partition coefficient (Wildman–Crippen LogP) is 4.66. The van der Waals surface area contributed by atoms with E-state index in [4.69, 9.17) is 10.5 Å². The van der Waals surface area contributed by atoms with E-state index >= 15 is 0 Å². The van der Waals surface area contributed by atoms with Crippen molar-refractivity contribution in [2.24, 2.45) is 5.73 Å². The normalized spacial score (nSPS) is 11.1. The number of anilines is 1. The average Bonchev–Trinajstić information content (AvgIpc) is 3.10. The Morgan fingerprint density at radius 3 is 2.55 bits per heavy atom. The maximum atomic E-state index is 14.0. The topological polar surface area (TPSA) is 81.6 Å². The van der Waals surface area contributed by atoms with E-state index in [1.54, 1.807) is 30.5 Å². The zero-order valence-electron chi connectivity index (χ0n) is 18.0. The molecule has 2 aromatic heterocycles. The Bertz CT molecular complexity index is 1350. The standard InChI is InChI=1S/C24H21F3N4O2/c1-13-8-21(33-12-17-18(26)4-3-5-19(17)27)23-29-14(2)22(31(23)11-13)24(32)30-20-7-6-16(25)9-15(20)10-28/h3-9,11H,10,12,28H2,1-2H3,(H,30,32). The van der Waals surface area contributed by atoms with Crippen molar-refractivity contribution in [3.8, 4) is 5.75 Å². The first kappa shape index (κ1) is 22.3. The molecule has 0 aliphatic carbocycles. The number of aromatic nitrogens is 2. The second-order valence-corrected chi connectivity index (χ2v) is 7.57. The molecule has 0 fully saturated rings. The minimum Gasteiger partial charge on any atom is -0.485 e. The minimum absolute atomic E-state index is 0.0449. The highest BCUT2D eigenvalue weighted by atomic mass is 19.1. The molecule has 4 rings (SSSR count). The number of pyridine rings is 1. The molecule has 0 atom stereocenters. The molecule has 6 nitrogen and oxygen atoms in total. The molecular weight excluding hydrogens is 433 g/mol. The summed E-state index contributed by atoms with van der Waals surface area (Å²) in [5, 5.41) is 2.75. The monoisotopic (exact) mass is 454 g/mol. The summed E-state index contributed by atoms with van der Waals surface area (Å²) in [6, 6.07) is 9.19. The fourth-order valence-corrected chi connectivity index (χ4v) is 3.59. The van der Waals surface area contributed by atoms with Gasteiger partial charge in [-0.2, -0.15) is 0 Å². The van der Waals surface area contributed by atoms with Crippen LogP contribution in [0.25, 0.3) is 5.65 Å². The van der Waals surface area contributed by atoms with E-state index in [0.717, 1.165) is 17.7 Å². The van der Waals surface area contributed by atoms with Crippen molar-refractivity contribution >= 4 is 17.2 Å². The maximum Gasteiger partial charge on any atom is 0.274 e. The summed E-state index contributed by atoms with van der Waals surface area (Å²) in [5.41, 5.74) is 8.01.